The normalized spacial score (nSPS) is 12.0. The van der Waals surface area contributed by atoms with Crippen LogP contribution in [0.5, 0.6) is 0 Å². The Morgan fingerprint density at radius 1 is 0.812 bits per heavy atom. The third kappa shape index (κ3) is 23.8. The molecule has 0 aliphatic heterocycles. The maximum atomic E-state index is 5.41. The summed E-state index contributed by atoms with van der Waals surface area (Å²) in [6.07, 6.45) is 0. The van der Waals surface area contributed by atoms with Gasteiger partial charge >= 0.3 is 0 Å². The molecular formula is C12H30NO2P. The minimum Gasteiger partial charge on any atom is -0.330 e. The van der Waals surface area contributed by atoms with E-state index in [0.29, 0.717) is 0 Å². The number of hydrogen-bond donors (Lipinski definition) is 1. The van der Waals surface area contributed by atoms with Gasteiger partial charge in [0.2, 0.25) is 0 Å². The van der Waals surface area contributed by atoms with Gasteiger partial charge in [0.1, 0.15) is 0 Å². The molecule has 16 heavy (non-hydrogen) atoms. The first-order chi connectivity index (χ1) is 7.12. The van der Waals surface area contributed by atoms with Crippen molar-refractivity contribution in [2.24, 2.45) is 0 Å². The molecule has 0 unspecified atom stereocenters. The molecule has 0 aliphatic rings. The summed E-state index contributed by atoms with van der Waals surface area (Å²) < 4.78 is 10.8. The Hall–Kier alpha value is 0.310. The molecular weight excluding hydrogens is 221 g/mol. The summed E-state index contributed by atoms with van der Waals surface area (Å²) in [4.78, 5) is 0. The Kier molecular flexibility index (Phi) is 10.9. The molecule has 0 atom stereocenters. The van der Waals surface area contributed by atoms with Crippen LogP contribution in [0.4, 0.5) is 0 Å². The van der Waals surface area contributed by atoms with Gasteiger partial charge in [0.15, 0.2) is 9.03 Å². The number of nitrogens with one attached hydrogen (secondary N) is 1. The Morgan fingerprint density at radius 2 is 1.12 bits per heavy atom. The molecule has 0 radical (unpaired) electrons. The SMILES string of the molecule is CC(C)(C)OPOC(C)(C)C.CCNCC. The van der Waals surface area contributed by atoms with Gasteiger partial charge in [-0.2, -0.15) is 0 Å². The van der Waals surface area contributed by atoms with Crippen LogP contribution in [0.25, 0.3) is 0 Å². The highest BCUT2D eigenvalue weighted by Gasteiger charge is 2.14. The van der Waals surface area contributed by atoms with Crippen molar-refractivity contribution < 1.29 is 9.05 Å². The molecule has 0 aromatic rings. The molecule has 100 valence electrons. The van der Waals surface area contributed by atoms with E-state index in [9.17, 15) is 0 Å². The summed E-state index contributed by atoms with van der Waals surface area (Å²) in [7, 11) is 0.135. The third-order valence-electron chi connectivity index (χ3n) is 1.20. The topological polar surface area (TPSA) is 30.5 Å². The van der Waals surface area contributed by atoms with E-state index in [1.54, 1.807) is 0 Å². The second-order valence-electron chi connectivity index (χ2n) is 5.47. The standard InChI is InChI=1S/C8H19O2P.C4H11N/c1-7(2,3)9-11-10-8(4,5)6;1-3-5-4-2/h11H,1-6H3;5H,3-4H2,1-2H3. The minimum absolute atomic E-state index is 0.0936. The summed E-state index contributed by atoms with van der Waals surface area (Å²) in [6, 6.07) is 0. The molecule has 0 rings (SSSR count). The molecule has 0 saturated carbocycles. The predicted octanol–water partition coefficient (Wildman–Crippen LogP) is 3.74. The van der Waals surface area contributed by atoms with Crippen molar-refractivity contribution >= 4 is 9.03 Å². The lowest BCUT2D eigenvalue weighted by Gasteiger charge is -2.23. The summed E-state index contributed by atoms with van der Waals surface area (Å²) in [5.41, 5.74) is -0.187. The monoisotopic (exact) mass is 251 g/mol. The van der Waals surface area contributed by atoms with E-state index in [2.05, 4.69) is 19.2 Å². The summed E-state index contributed by atoms with van der Waals surface area (Å²) in [5.74, 6) is 0. The van der Waals surface area contributed by atoms with Gasteiger partial charge in [-0.05, 0) is 54.6 Å². The molecule has 4 heteroatoms. The molecule has 0 amide bonds. The maximum absolute atomic E-state index is 5.41. The molecule has 3 nitrogen and oxygen atoms in total. The summed E-state index contributed by atoms with van der Waals surface area (Å²) >= 11 is 0. The highest BCUT2D eigenvalue weighted by atomic mass is 31.1. The zero-order valence-electron chi connectivity index (χ0n) is 12.2. The van der Waals surface area contributed by atoms with E-state index in [0.717, 1.165) is 13.1 Å². The van der Waals surface area contributed by atoms with E-state index in [4.69, 9.17) is 9.05 Å². The van der Waals surface area contributed by atoms with Crippen LogP contribution in [0.3, 0.4) is 0 Å². The van der Waals surface area contributed by atoms with E-state index in [-0.39, 0.29) is 20.2 Å². The number of hydrogen-bond acceptors (Lipinski definition) is 3. The highest BCUT2D eigenvalue weighted by molar-refractivity contribution is 7.26. The largest absolute Gasteiger partial charge is 0.330 e. The van der Waals surface area contributed by atoms with Crippen LogP contribution in [0.2, 0.25) is 0 Å². The molecule has 0 fully saturated rings. The van der Waals surface area contributed by atoms with Gasteiger partial charge in [-0.3, -0.25) is 0 Å². The van der Waals surface area contributed by atoms with Crippen molar-refractivity contribution in [2.75, 3.05) is 13.1 Å². The minimum atomic E-state index is -0.0936. The van der Waals surface area contributed by atoms with Crippen LogP contribution in [0, 0.1) is 0 Å². The number of rotatable bonds is 4. The molecule has 0 saturated heterocycles. The van der Waals surface area contributed by atoms with Crippen molar-refractivity contribution in [3.05, 3.63) is 0 Å². The van der Waals surface area contributed by atoms with Crippen molar-refractivity contribution in [3.63, 3.8) is 0 Å². The fraction of sp³-hybridized carbons (Fsp3) is 1.00. The van der Waals surface area contributed by atoms with Gasteiger partial charge in [0.05, 0.1) is 11.2 Å². The molecule has 0 heterocycles. The van der Waals surface area contributed by atoms with Gasteiger partial charge < -0.3 is 14.4 Å². The van der Waals surface area contributed by atoms with Gasteiger partial charge in [0.25, 0.3) is 0 Å². The van der Waals surface area contributed by atoms with Crippen LogP contribution in [-0.4, -0.2) is 24.3 Å². The molecule has 0 aromatic carbocycles. The van der Waals surface area contributed by atoms with Crippen LogP contribution in [0.1, 0.15) is 55.4 Å². The van der Waals surface area contributed by atoms with Crippen molar-refractivity contribution in [3.8, 4) is 0 Å². The van der Waals surface area contributed by atoms with Crippen molar-refractivity contribution in [1.82, 2.24) is 5.32 Å². The van der Waals surface area contributed by atoms with Crippen LogP contribution in [-0.2, 0) is 9.05 Å². The predicted molar refractivity (Wildman–Crippen MR) is 74.2 cm³/mol. The molecule has 0 spiro atoms. The third-order valence-corrected chi connectivity index (χ3v) is 2.59. The summed E-state index contributed by atoms with van der Waals surface area (Å²) in [5, 5.41) is 3.11. The first kappa shape index (κ1) is 18.7. The first-order valence-electron chi connectivity index (χ1n) is 5.94. The fourth-order valence-corrected chi connectivity index (χ4v) is 1.06. The molecule has 0 aliphatic carbocycles. The highest BCUT2D eigenvalue weighted by Crippen LogP contribution is 2.28. The van der Waals surface area contributed by atoms with Crippen LogP contribution < -0.4 is 5.32 Å². The lowest BCUT2D eigenvalue weighted by molar-refractivity contribution is 0.0846. The lowest BCUT2D eigenvalue weighted by atomic mass is 10.2. The van der Waals surface area contributed by atoms with Crippen molar-refractivity contribution in [1.29, 1.82) is 0 Å². The second kappa shape index (κ2) is 9.35. The van der Waals surface area contributed by atoms with Crippen LogP contribution >= 0.6 is 9.03 Å². The first-order valence-corrected chi connectivity index (χ1v) is 6.75. The molecule has 0 bridgehead atoms. The lowest BCUT2D eigenvalue weighted by Crippen LogP contribution is -2.18. The molecule has 0 aromatic heterocycles. The smallest absolute Gasteiger partial charge is 0.156 e. The maximum Gasteiger partial charge on any atom is 0.156 e. The Morgan fingerprint density at radius 3 is 1.25 bits per heavy atom. The summed E-state index contributed by atoms with van der Waals surface area (Å²) in [6.45, 7) is 18.5. The Bertz CT molecular complexity index is 134. The van der Waals surface area contributed by atoms with Gasteiger partial charge in [-0.15, -0.1) is 0 Å². The molecule has 1 N–H and O–H groups in total. The fourth-order valence-electron chi connectivity index (χ4n) is 0.521. The van der Waals surface area contributed by atoms with E-state index >= 15 is 0 Å². The van der Waals surface area contributed by atoms with Gasteiger partial charge in [-0.1, -0.05) is 13.8 Å². The Balaban J connectivity index is 0. The van der Waals surface area contributed by atoms with Crippen LogP contribution in [0.15, 0.2) is 0 Å². The average molecular weight is 251 g/mol. The zero-order valence-corrected chi connectivity index (χ0v) is 13.2. The average Bonchev–Trinajstić information content (AvgIpc) is 2.01. The van der Waals surface area contributed by atoms with Crippen molar-refractivity contribution in [2.45, 2.75) is 66.6 Å². The zero-order chi connectivity index (χ0) is 13.2. The van der Waals surface area contributed by atoms with E-state index < -0.39 is 0 Å². The van der Waals surface area contributed by atoms with Gasteiger partial charge in [-0.25, -0.2) is 0 Å². The quantitative estimate of drug-likeness (QED) is 0.772. The second-order valence-corrected chi connectivity index (χ2v) is 6.04. The van der Waals surface area contributed by atoms with Gasteiger partial charge in [0, 0.05) is 0 Å². The van der Waals surface area contributed by atoms with E-state index in [1.165, 1.54) is 0 Å². The Labute approximate surface area is 104 Å². The van der Waals surface area contributed by atoms with E-state index in [1.807, 2.05) is 41.5 Å².